The van der Waals surface area contributed by atoms with Crippen molar-refractivity contribution >= 4 is 26.6 Å². The Labute approximate surface area is 153 Å². The Balaban J connectivity index is 1.99. The smallest absolute Gasteiger partial charge is 0.325 e. The molecule has 1 atom stereocenters. The molecule has 0 amide bonds. The second kappa shape index (κ2) is 7.70. The minimum atomic E-state index is -3.85. The first-order chi connectivity index (χ1) is 12.5. The van der Waals surface area contributed by atoms with Gasteiger partial charge in [-0.05, 0) is 35.4 Å². The molecule has 0 bridgehead atoms. The van der Waals surface area contributed by atoms with Crippen LogP contribution in [0.5, 0.6) is 0 Å². The Morgan fingerprint density at radius 1 is 0.923 bits per heavy atom. The van der Waals surface area contributed by atoms with Crippen molar-refractivity contribution in [3.63, 3.8) is 0 Å². The molecule has 0 aromatic heterocycles. The van der Waals surface area contributed by atoms with Gasteiger partial charge in [-0.15, -0.1) is 0 Å². The fraction of sp³-hybridized carbons (Fsp3) is 0.190. The number of hydrogen-bond acceptors (Lipinski definition) is 4. The third-order valence-corrected chi connectivity index (χ3v) is 6.27. The second-order valence-corrected chi connectivity index (χ2v) is 8.11. The van der Waals surface area contributed by atoms with Crippen molar-refractivity contribution in [2.24, 2.45) is 0 Å². The van der Waals surface area contributed by atoms with E-state index in [9.17, 15) is 13.2 Å². The molecule has 0 saturated carbocycles. The number of sulfone groups is 1. The molecule has 0 aliphatic heterocycles. The second-order valence-electron chi connectivity index (χ2n) is 5.98. The molecule has 0 radical (unpaired) electrons. The largest absolute Gasteiger partial charge is 0.465 e. The summed E-state index contributed by atoms with van der Waals surface area (Å²) in [7, 11) is -3.85. The van der Waals surface area contributed by atoms with Gasteiger partial charge in [0.1, 0.15) is 0 Å². The van der Waals surface area contributed by atoms with Crippen molar-refractivity contribution in [1.82, 2.24) is 0 Å². The van der Waals surface area contributed by atoms with E-state index >= 15 is 0 Å². The highest BCUT2D eigenvalue weighted by Gasteiger charge is 2.35. The maximum absolute atomic E-state index is 13.0. The normalized spacial score (nSPS) is 12.7. The summed E-state index contributed by atoms with van der Waals surface area (Å²) in [5.74, 6) is -0.718. The maximum Gasteiger partial charge on any atom is 0.325 e. The molecule has 0 N–H and O–H groups in total. The van der Waals surface area contributed by atoms with Gasteiger partial charge in [0.2, 0.25) is 0 Å². The van der Waals surface area contributed by atoms with Crippen LogP contribution in [0.15, 0.2) is 77.7 Å². The van der Waals surface area contributed by atoms with E-state index in [1.807, 2.05) is 42.5 Å². The van der Waals surface area contributed by atoms with Gasteiger partial charge >= 0.3 is 5.97 Å². The van der Waals surface area contributed by atoms with Crippen LogP contribution in [0.2, 0.25) is 0 Å². The lowest BCUT2D eigenvalue weighted by Crippen LogP contribution is -2.34. The zero-order chi connectivity index (χ0) is 18.6. The lowest BCUT2D eigenvalue weighted by Gasteiger charge is -2.17. The number of rotatable bonds is 6. The lowest BCUT2D eigenvalue weighted by atomic mass is 10.0. The zero-order valence-corrected chi connectivity index (χ0v) is 15.3. The Morgan fingerprint density at radius 2 is 1.58 bits per heavy atom. The Kier molecular flexibility index (Phi) is 5.38. The Hall–Kier alpha value is -2.66. The van der Waals surface area contributed by atoms with E-state index in [0.29, 0.717) is 0 Å². The van der Waals surface area contributed by atoms with Crippen LogP contribution in [-0.4, -0.2) is 26.2 Å². The number of carbonyl (C=O) groups excluding carboxylic acids is 1. The summed E-state index contributed by atoms with van der Waals surface area (Å²) in [5, 5.41) is 0.797. The van der Waals surface area contributed by atoms with Crippen LogP contribution in [-0.2, 0) is 25.8 Å². The van der Waals surface area contributed by atoms with Crippen molar-refractivity contribution in [2.45, 2.75) is 23.5 Å². The van der Waals surface area contributed by atoms with Gasteiger partial charge in [0.15, 0.2) is 15.1 Å². The molecule has 3 rings (SSSR count). The highest BCUT2D eigenvalue weighted by atomic mass is 32.2. The van der Waals surface area contributed by atoms with Crippen LogP contribution >= 0.6 is 0 Å². The molecular weight excluding hydrogens is 348 g/mol. The first-order valence-corrected chi connectivity index (χ1v) is 10.0. The van der Waals surface area contributed by atoms with E-state index in [2.05, 4.69) is 0 Å². The molecule has 5 heteroatoms. The summed E-state index contributed by atoms with van der Waals surface area (Å²) in [6, 6.07) is 21.6. The van der Waals surface area contributed by atoms with Crippen LogP contribution in [0.3, 0.4) is 0 Å². The van der Waals surface area contributed by atoms with Crippen LogP contribution in [0.4, 0.5) is 0 Å². The van der Waals surface area contributed by atoms with Gasteiger partial charge in [-0.25, -0.2) is 8.42 Å². The van der Waals surface area contributed by atoms with Gasteiger partial charge in [-0.1, -0.05) is 60.7 Å². The Morgan fingerprint density at radius 3 is 2.27 bits per heavy atom. The number of carbonyl (C=O) groups is 1. The number of benzene rings is 3. The molecule has 0 fully saturated rings. The average molecular weight is 368 g/mol. The molecule has 134 valence electrons. The van der Waals surface area contributed by atoms with Crippen molar-refractivity contribution in [2.75, 3.05) is 6.61 Å². The molecule has 0 saturated heterocycles. The molecule has 0 spiro atoms. The molecular formula is C21H20O4S. The molecule has 3 aromatic carbocycles. The van der Waals surface area contributed by atoms with Gasteiger partial charge < -0.3 is 4.74 Å². The summed E-state index contributed by atoms with van der Waals surface area (Å²) >= 11 is 0. The fourth-order valence-corrected chi connectivity index (χ4v) is 4.51. The average Bonchev–Trinajstić information content (AvgIpc) is 2.66. The predicted octanol–water partition coefficient (Wildman–Crippen LogP) is 3.79. The molecule has 3 aromatic rings. The highest BCUT2D eigenvalue weighted by molar-refractivity contribution is 7.92. The quantitative estimate of drug-likeness (QED) is 0.621. The van der Waals surface area contributed by atoms with Crippen molar-refractivity contribution in [3.05, 3.63) is 78.4 Å². The molecule has 0 aliphatic carbocycles. The summed E-state index contributed by atoms with van der Waals surface area (Å²) in [5.41, 5.74) is 0.779. The number of ether oxygens (including phenoxy) is 1. The fourth-order valence-electron chi connectivity index (χ4n) is 2.91. The van der Waals surface area contributed by atoms with E-state index in [4.69, 9.17) is 4.74 Å². The van der Waals surface area contributed by atoms with Crippen molar-refractivity contribution in [3.8, 4) is 0 Å². The first-order valence-electron chi connectivity index (χ1n) is 8.45. The van der Waals surface area contributed by atoms with E-state index < -0.39 is 21.1 Å². The zero-order valence-electron chi connectivity index (χ0n) is 14.5. The van der Waals surface area contributed by atoms with Crippen LogP contribution < -0.4 is 0 Å². The van der Waals surface area contributed by atoms with Gasteiger partial charge in [0.25, 0.3) is 0 Å². The molecule has 4 nitrogen and oxygen atoms in total. The van der Waals surface area contributed by atoms with Gasteiger partial charge in [0, 0.05) is 6.42 Å². The first kappa shape index (κ1) is 18.1. The predicted molar refractivity (Wildman–Crippen MR) is 102 cm³/mol. The van der Waals surface area contributed by atoms with Gasteiger partial charge in [0.05, 0.1) is 11.5 Å². The van der Waals surface area contributed by atoms with E-state index in [1.165, 1.54) is 12.1 Å². The summed E-state index contributed by atoms with van der Waals surface area (Å²) < 4.78 is 31.1. The van der Waals surface area contributed by atoms with Gasteiger partial charge in [-0.2, -0.15) is 0 Å². The lowest BCUT2D eigenvalue weighted by molar-refractivity contribution is -0.142. The maximum atomic E-state index is 13.0. The number of hydrogen-bond donors (Lipinski definition) is 0. The minimum Gasteiger partial charge on any atom is -0.465 e. The van der Waals surface area contributed by atoms with E-state index in [1.54, 1.807) is 25.1 Å². The third-order valence-electron chi connectivity index (χ3n) is 4.23. The standard InChI is InChI=1S/C21H20O4S/c1-2-25-21(22)20(26(23,24)19-10-4-3-5-11-19)15-16-12-13-17-8-6-7-9-18(17)14-16/h3-14,20H,2,15H2,1H3. The Bertz CT molecular complexity index is 1010. The minimum absolute atomic E-state index is 0.0703. The third kappa shape index (κ3) is 3.78. The van der Waals surface area contributed by atoms with E-state index in [0.717, 1.165) is 16.3 Å². The van der Waals surface area contributed by atoms with Gasteiger partial charge in [-0.3, -0.25) is 4.79 Å². The van der Waals surface area contributed by atoms with Crippen LogP contribution in [0.1, 0.15) is 12.5 Å². The summed E-state index contributed by atoms with van der Waals surface area (Å²) in [4.78, 5) is 12.6. The van der Waals surface area contributed by atoms with Crippen molar-refractivity contribution in [1.29, 1.82) is 0 Å². The van der Waals surface area contributed by atoms with Crippen LogP contribution in [0, 0.1) is 0 Å². The summed E-state index contributed by atoms with van der Waals surface area (Å²) in [6.07, 6.45) is 0.0703. The highest BCUT2D eigenvalue weighted by Crippen LogP contribution is 2.23. The SMILES string of the molecule is CCOC(=O)C(Cc1ccc2ccccc2c1)S(=O)(=O)c1ccccc1. The van der Waals surface area contributed by atoms with Crippen LogP contribution in [0.25, 0.3) is 10.8 Å². The molecule has 26 heavy (non-hydrogen) atoms. The molecule has 0 aliphatic rings. The topological polar surface area (TPSA) is 60.4 Å². The number of fused-ring (bicyclic) bond motifs is 1. The monoisotopic (exact) mass is 368 g/mol. The number of esters is 1. The molecule has 0 heterocycles. The molecule has 1 unspecified atom stereocenters. The summed E-state index contributed by atoms with van der Waals surface area (Å²) in [6.45, 7) is 1.80. The van der Waals surface area contributed by atoms with E-state index in [-0.39, 0.29) is 17.9 Å². The van der Waals surface area contributed by atoms with Crippen molar-refractivity contribution < 1.29 is 17.9 Å².